The molecule has 0 amide bonds. The van der Waals surface area contributed by atoms with Crippen LogP contribution in [0.2, 0.25) is 5.02 Å². The van der Waals surface area contributed by atoms with Gasteiger partial charge < -0.3 is 5.32 Å². The van der Waals surface area contributed by atoms with Crippen LogP contribution in [0.25, 0.3) is 0 Å². The van der Waals surface area contributed by atoms with Gasteiger partial charge in [-0.1, -0.05) is 62.8 Å². The molecule has 1 aromatic rings. The summed E-state index contributed by atoms with van der Waals surface area (Å²) in [6.07, 6.45) is 9.57. The molecule has 0 bridgehead atoms. The van der Waals surface area contributed by atoms with Crippen LogP contribution < -0.4 is 5.32 Å². The molecule has 0 radical (unpaired) electrons. The Bertz CT molecular complexity index is 410. The third kappa shape index (κ3) is 4.49. The second-order valence-electron chi connectivity index (χ2n) is 6.26. The Morgan fingerprint density at radius 1 is 1.25 bits per heavy atom. The van der Waals surface area contributed by atoms with Crippen LogP contribution in [0.3, 0.4) is 0 Å². The Balaban J connectivity index is 2.06. The third-order valence-electron chi connectivity index (χ3n) is 4.52. The molecule has 2 rings (SSSR count). The van der Waals surface area contributed by atoms with Gasteiger partial charge in [0.2, 0.25) is 0 Å². The number of hydrogen-bond donors (Lipinski definition) is 1. The predicted octanol–water partition coefficient (Wildman–Crippen LogP) is 5.66. The molecule has 0 spiro atoms. The monoisotopic (exact) mass is 293 g/mol. The molecule has 1 N–H and O–H groups in total. The van der Waals surface area contributed by atoms with E-state index in [0.717, 1.165) is 17.5 Å². The van der Waals surface area contributed by atoms with Crippen molar-refractivity contribution < 1.29 is 0 Å². The number of halogens is 1. The van der Waals surface area contributed by atoms with Gasteiger partial charge in [-0.25, -0.2) is 0 Å². The van der Waals surface area contributed by atoms with Gasteiger partial charge in [0.1, 0.15) is 0 Å². The van der Waals surface area contributed by atoms with Crippen molar-refractivity contribution in [1.29, 1.82) is 0 Å². The zero-order valence-corrected chi connectivity index (χ0v) is 13.7. The molecule has 1 fully saturated rings. The molecule has 0 heterocycles. The lowest BCUT2D eigenvalue weighted by atomic mass is 9.83. The van der Waals surface area contributed by atoms with Crippen LogP contribution in [0, 0.1) is 12.8 Å². The van der Waals surface area contributed by atoms with Gasteiger partial charge in [-0.05, 0) is 49.4 Å². The van der Waals surface area contributed by atoms with E-state index < -0.39 is 0 Å². The van der Waals surface area contributed by atoms with Crippen molar-refractivity contribution in [3.05, 3.63) is 34.3 Å². The SMILES string of the molecule is CCCNC(CC1CCCCC1)c1ccc(Cl)c(C)c1. The second-order valence-corrected chi connectivity index (χ2v) is 6.66. The summed E-state index contributed by atoms with van der Waals surface area (Å²) in [6, 6.07) is 7.01. The summed E-state index contributed by atoms with van der Waals surface area (Å²) in [5, 5.41) is 4.61. The lowest BCUT2D eigenvalue weighted by molar-refractivity contribution is 0.300. The lowest BCUT2D eigenvalue weighted by Gasteiger charge is -2.28. The molecule has 1 unspecified atom stereocenters. The molecule has 0 aliphatic heterocycles. The Morgan fingerprint density at radius 3 is 2.65 bits per heavy atom. The van der Waals surface area contributed by atoms with Crippen molar-refractivity contribution in [3.63, 3.8) is 0 Å². The molecule has 0 aromatic heterocycles. The van der Waals surface area contributed by atoms with Gasteiger partial charge >= 0.3 is 0 Å². The average Bonchev–Trinajstić information content (AvgIpc) is 2.47. The molecule has 2 heteroatoms. The van der Waals surface area contributed by atoms with Crippen molar-refractivity contribution in [1.82, 2.24) is 5.32 Å². The largest absolute Gasteiger partial charge is 0.310 e. The number of rotatable bonds is 6. The van der Waals surface area contributed by atoms with E-state index in [0.29, 0.717) is 6.04 Å². The van der Waals surface area contributed by atoms with E-state index in [1.165, 1.54) is 56.1 Å². The molecule has 1 saturated carbocycles. The first kappa shape index (κ1) is 15.9. The molecule has 0 saturated heterocycles. The first-order chi connectivity index (χ1) is 9.70. The minimum atomic E-state index is 0.494. The summed E-state index contributed by atoms with van der Waals surface area (Å²) < 4.78 is 0. The average molecular weight is 294 g/mol. The number of hydrogen-bond acceptors (Lipinski definition) is 1. The van der Waals surface area contributed by atoms with Crippen LogP contribution in [0.15, 0.2) is 18.2 Å². The minimum Gasteiger partial charge on any atom is -0.310 e. The molecule has 112 valence electrons. The molecule has 20 heavy (non-hydrogen) atoms. The molecule has 1 aromatic carbocycles. The summed E-state index contributed by atoms with van der Waals surface area (Å²) in [7, 11) is 0. The highest BCUT2D eigenvalue weighted by Crippen LogP contribution is 2.32. The maximum atomic E-state index is 6.16. The number of nitrogens with one attached hydrogen (secondary N) is 1. The zero-order chi connectivity index (χ0) is 14.4. The van der Waals surface area contributed by atoms with Crippen LogP contribution >= 0.6 is 11.6 Å². The van der Waals surface area contributed by atoms with Crippen molar-refractivity contribution in [3.8, 4) is 0 Å². The van der Waals surface area contributed by atoms with Crippen LogP contribution in [0.1, 0.15) is 69.0 Å². The van der Waals surface area contributed by atoms with Gasteiger partial charge in [0.05, 0.1) is 0 Å². The molecule has 1 nitrogen and oxygen atoms in total. The fourth-order valence-corrected chi connectivity index (χ4v) is 3.41. The van der Waals surface area contributed by atoms with E-state index in [9.17, 15) is 0 Å². The highest BCUT2D eigenvalue weighted by Gasteiger charge is 2.20. The van der Waals surface area contributed by atoms with Crippen LogP contribution in [0.5, 0.6) is 0 Å². The van der Waals surface area contributed by atoms with Gasteiger partial charge in [-0.3, -0.25) is 0 Å². The predicted molar refractivity (Wildman–Crippen MR) is 88.4 cm³/mol. The fourth-order valence-electron chi connectivity index (χ4n) is 3.30. The summed E-state index contributed by atoms with van der Waals surface area (Å²) >= 11 is 6.16. The second kappa shape index (κ2) is 8.05. The maximum absolute atomic E-state index is 6.16. The van der Waals surface area contributed by atoms with Crippen molar-refractivity contribution in [2.45, 2.75) is 64.8 Å². The molecule has 1 aliphatic carbocycles. The Morgan fingerprint density at radius 2 is 2.00 bits per heavy atom. The van der Waals surface area contributed by atoms with Gasteiger partial charge in [0, 0.05) is 11.1 Å². The van der Waals surface area contributed by atoms with E-state index in [2.05, 4.69) is 31.3 Å². The maximum Gasteiger partial charge on any atom is 0.0435 e. The van der Waals surface area contributed by atoms with Gasteiger partial charge in [-0.15, -0.1) is 0 Å². The van der Waals surface area contributed by atoms with Crippen LogP contribution in [0.4, 0.5) is 0 Å². The Hall–Kier alpha value is -0.530. The van der Waals surface area contributed by atoms with E-state index >= 15 is 0 Å². The third-order valence-corrected chi connectivity index (χ3v) is 4.94. The summed E-state index contributed by atoms with van der Waals surface area (Å²) in [5.74, 6) is 0.897. The number of benzene rings is 1. The van der Waals surface area contributed by atoms with Gasteiger partial charge in [0.25, 0.3) is 0 Å². The summed E-state index contributed by atoms with van der Waals surface area (Å²) in [5.41, 5.74) is 2.60. The van der Waals surface area contributed by atoms with E-state index in [4.69, 9.17) is 11.6 Å². The highest BCUT2D eigenvalue weighted by molar-refractivity contribution is 6.31. The van der Waals surface area contributed by atoms with Crippen molar-refractivity contribution in [2.75, 3.05) is 6.54 Å². The molecule has 1 aliphatic rings. The summed E-state index contributed by atoms with van der Waals surface area (Å²) in [6.45, 7) is 5.43. The van der Waals surface area contributed by atoms with Crippen molar-refractivity contribution in [2.24, 2.45) is 5.92 Å². The van der Waals surface area contributed by atoms with E-state index in [-0.39, 0.29) is 0 Å². The van der Waals surface area contributed by atoms with Crippen molar-refractivity contribution >= 4 is 11.6 Å². The normalized spacial score (nSPS) is 18.1. The van der Waals surface area contributed by atoms with Crippen LogP contribution in [-0.2, 0) is 0 Å². The Kier molecular flexibility index (Phi) is 6.38. The quantitative estimate of drug-likeness (QED) is 0.713. The van der Waals surface area contributed by atoms with E-state index in [1.807, 2.05) is 6.07 Å². The standard InChI is InChI=1S/C18H28ClN/c1-3-11-20-18(13-15-7-5-4-6-8-15)16-9-10-17(19)14(2)12-16/h9-10,12,15,18,20H,3-8,11,13H2,1-2H3. The molecular weight excluding hydrogens is 266 g/mol. The first-order valence-electron chi connectivity index (χ1n) is 8.20. The number of aryl methyl sites for hydroxylation is 1. The zero-order valence-electron chi connectivity index (χ0n) is 12.9. The van der Waals surface area contributed by atoms with Gasteiger partial charge in [0.15, 0.2) is 0 Å². The lowest BCUT2D eigenvalue weighted by Crippen LogP contribution is -2.25. The Labute approximate surface area is 129 Å². The summed E-state index contributed by atoms with van der Waals surface area (Å²) in [4.78, 5) is 0. The smallest absolute Gasteiger partial charge is 0.0435 e. The molecule has 1 atom stereocenters. The molecular formula is C18H28ClN. The highest BCUT2D eigenvalue weighted by atomic mass is 35.5. The fraction of sp³-hybridized carbons (Fsp3) is 0.667. The topological polar surface area (TPSA) is 12.0 Å². The minimum absolute atomic E-state index is 0.494. The first-order valence-corrected chi connectivity index (χ1v) is 8.58. The van der Waals surface area contributed by atoms with E-state index in [1.54, 1.807) is 0 Å². The van der Waals surface area contributed by atoms with Crippen LogP contribution in [-0.4, -0.2) is 6.54 Å². The van der Waals surface area contributed by atoms with Gasteiger partial charge in [-0.2, -0.15) is 0 Å².